The average Bonchev–Trinajstić information content (AvgIpc) is 3.21. The molecule has 8 heteroatoms. The number of fused-ring (bicyclic) bond motifs is 1. The van der Waals surface area contributed by atoms with E-state index in [1.54, 1.807) is 0 Å². The Hall–Kier alpha value is -2.67. The van der Waals surface area contributed by atoms with E-state index < -0.39 is 0 Å². The van der Waals surface area contributed by atoms with Crippen LogP contribution < -0.4 is 15.1 Å². The number of nitrogens with one attached hydrogen (secondary N) is 1. The minimum absolute atomic E-state index is 0.333. The molecule has 3 heterocycles. The largest absolute Gasteiger partial charge is 0.363 e. The van der Waals surface area contributed by atoms with Crippen LogP contribution in [0.25, 0.3) is 11.2 Å². The fourth-order valence-corrected chi connectivity index (χ4v) is 3.34. The molecule has 0 atom stereocenters. The van der Waals surface area contributed by atoms with Gasteiger partial charge < -0.3 is 15.1 Å². The van der Waals surface area contributed by atoms with Crippen molar-refractivity contribution in [3.8, 4) is 0 Å². The summed E-state index contributed by atoms with van der Waals surface area (Å²) in [6.45, 7) is 2.55. The smallest absolute Gasteiger partial charge is 0.228 e. The summed E-state index contributed by atoms with van der Waals surface area (Å²) in [6.07, 6.45) is 2.31. The maximum absolute atomic E-state index is 6.43. The molecule has 0 amide bonds. The van der Waals surface area contributed by atoms with Gasteiger partial charge in [0.05, 0.1) is 0 Å². The van der Waals surface area contributed by atoms with Crippen LogP contribution in [0.5, 0.6) is 0 Å². The van der Waals surface area contributed by atoms with Gasteiger partial charge in [-0.15, -0.1) is 0 Å². The van der Waals surface area contributed by atoms with E-state index in [9.17, 15) is 0 Å². The molecule has 0 aliphatic carbocycles. The van der Waals surface area contributed by atoms with Crippen LogP contribution in [-0.2, 0) is 6.54 Å². The number of nitrogens with zero attached hydrogens (tertiary/aromatic N) is 6. The Labute approximate surface area is 163 Å². The zero-order chi connectivity index (χ0) is 18.8. The average molecular weight is 384 g/mol. The minimum atomic E-state index is 0.333. The first-order valence-corrected chi connectivity index (χ1v) is 9.45. The molecule has 0 saturated carbocycles. The second-order valence-electron chi connectivity index (χ2n) is 6.81. The molecular formula is C19H22ClN7. The summed E-state index contributed by atoms with van der Waals surface area (Å²) < 4.78 is 0. The summed E-state index contributed by atoms with van der Waals surface area (Å²) in [4.78, 5) is 22.6. The first kappa shape index (κ1) is 17.7. The Bertz CT molecular complexity index is 940. The van der Waals surface area contributed by atoms with E-state index in [2.05, 4.69) is 25.2 Å². The van der Waals surface area contributed by atoms with Crippen molar-refractivity contribution in [3.05, 3.63) is 41.0 Å². The molecule has 1 aromatic carbocycles. The van der Waals surface area contributed by atoms with E-state index in [0.29, 0.717) is 34.6 Å². The molecular weight excluding hydrogens is 362 g/mol. The summed E-state index contributed by atoms with van der Waals surface area (Å²) in [5.41, 5.74) is 2.35. The highest BCUT2D eigenvalue weighted by Crippen LogP contribution is 2.30. The van der Waals surface area contributed by atoms with Gasteiger partial charge in [-0.25, -0.2) is 9.97 Å². The normalized spacial score (nSPS) is 14.0. The van der Waals surface area contributed by atoms with Gasteiger partial charge in [-0.1, -0.05) is 41.9 Å². The zero-order valence-electron chi connectivity index (χ0n) is 15.5. The second-order valence-corrected chi connectivity index (χ2v) is 7.17. The molecule has 7 nitrogen and oxygen atoms in total. The molecule has 2 aromatic heterocycles. The van der Waals surface area contributed by atoms with Gasteiger partial charge in [0.15, 0.2) is 28.0 Å². The topological polar surface area (TPSA) is 70.1 Å². The van der Waals surface area contributed by atoms with Crippen LogP contribution in [0.2, 0.25) is 5.15 Å². The third-order valence-electron chi connectivity index (χ3n) is 4.57. The van der Waals surface area contributed by atoms with Crippen LogP contribution >= 0.6 is 11.6 Å². The summed E-state index contributed by atoms with van der Waals surface area (Å²) in [7, 11) is 3.85. The Morgan fingerprint density at radius 2 is 1.78 bits per heavy atom. The molecule has 4 rings (SSSR count). The van der Waals surface area contributed by atoms with Gasteiger partial charge in [0.2, 0.25) is 5.95 Å². The molecule has 1 aliphatic heterocycles. The van der Waals surface area contributed by atoms with Crippen molar-refractivity contribution in [1.82, 2.24) is 19.9 Å². The molecule has 0 bridgehead atoms. The fourth-order valence-electron chi connectivity index (χ4n) is 3.14. The number of benzene rings is 1. The lowest BCUT2D eigenvalue weighted by Gasteiger charge is -2.20. The fraction of sp³-hybridized carbons (Fsp3) is 0.368. The van der Waals surface area contributed by atoms with Gasteiger partial charge in [0.1, 0.15) is 0 Å². The Balaban J connectivity index is 1.73. The molecule has 1 N–H and O–H groups in total. The number of aromatic nitrogens is 4. The molecule has 0 radical (unpaired) electrons. The molecule has 1 aliphatic rings. The van der Waals surface area contributed by atoms with Gasteiger partial charge in [0.25, 0.3) is 0 Å². The van der Waals surface area contributed by atoms with Crippen molar-refractivity contribution in [2.45, 2.75) is 19.4 Å². The van der Waals surface area contributed by atoms with E-state index in [1.165, 1.54) is 0 Å². The van der Waals surface area contributed by atoms with Crippen molar-refractivity contribution in [2.24, 2.45) is 0 Å². The van der Waals surface area contributed by atoms with Gasteiger partial charge in [0, 0.05) is 33.7 Å². The first-order valence-electron chi connectivity index (χ1n) is 9.07. The quantitative estimate of drug-likeness (QED) is 0.724. The second kappa shape index (κ2) is 7.52. The van der Waals surface area contributed by atoms with E-state index in [1.807, 2.05) is 49.3 Å². The van der Waals surface area contributed by atoms with E-state index in [-0.39, 0.29) is 0 Å². The molecule has 0 unspecified atom stereocenters. The predicted octanol–water partition coefficient (Wildman–Crippen LogP) is 3.35. The highest BCUT2D eigenvalue weighted by Gasteiger charge is 2.22. The van der Waals surface area contributed by atoms with Crippen molar-refractivity contribution in [2.75, 3.05) is 42.3 Å². The van der Waals surface area contributed by atoms with Gasteiger partial charge in [-0.2, -0.15) is 9.97 Å². The van der Waals surface area contributed by atoms with E-state index in [0.717, 1.165) is 37.3 Å². The number of hydrogen-bond acceptors (Lipinski definition) is 7. The maximum Gasteiger partial charge on any atom is 0.228 e. The summed E-state index contributed by atoms with van der Waals surface area (Å²) in [5.74, 6) is 1.96. The van der Waals surface area contributed by atoms with Gasteiger partial charge >= 0.3 is 0 Å². The standard InChI is InChI=1S/C19H22ClN7/c1-26(2)19-24-16-14(18(25-19)27-10-6-7-11-27)22-15(20)17(23-16)21-12-13-8-4-3-5-9-13/h3-5,8-9H,6-7,10-12H2,1-2H3,(H,21,23,24,25). The lowest BCUT2D eigenvalue weighted by atomic mass is 10.2. The SMILES string of the molecule is CN(C)c1nc(N2CCCC2)c2nc(Cl)c(NCc3ccccc3)nc2n1. The molecule has 140 valence electrons. The zero-order valence-corrected chi connectivity index (χ0v) is 16.2. The van der Waals surface area contributed by atoms with Crippen molar-refractivity contribution >= 4 is 40.3 Å². The van der Waals surface area contributed by atoms with Crippen LogP contribution in [-0.4, -0.2) is 47.1 Å². The van der Waals surface area contributed by atoms with Crippen LogP contribution in [0, 0.1) is 0 Å². The number of halogens is 1. The van der Waals surface area contributed by atoms with Crippen molar-refractivity contribution in [1.29, 1.82) is 0 Å². The van der Waals surface area contributed by atoms with Gasteiger partial charge in [-0.3, -0.25) is 0 Å². The molecule has 1 saturated heterocycles. The van der Waals surface area contributed by atoms with Crippen LogP contribution in [0.15, 0.2) is 30.3 Å². The highest BCUT2D eigenvalue weighted by atomic mass is 35.5. The minimum Gasteiger partial charge on any atom is -0.363 e. The summed E-state index contributed by atoms with van der Waals surface area (Å²) >= 11 is 6.43. The summed E-state index contributed by atoms with van der Waals surface area (Å²) in [6, 6.07) is 10.1. The summed E-state index contributed by atoms with van der Waals surface area (Å²) in [5, 5.41) is 3.60. The molecule has 3 aromatic rings. The number of anilines is 3. The number of hydrogen-bond donors (Lipinski definition) is 1. The molecule has 0 spiro atoms. The predicted molar refractivity (Wildman–Crippen MR) is 110 cm³/mol. The van der Waals surface area contributed by atoms with Crippen LogP contribution in [0.3, 0.4) is 0 Å². The maximum atomic E-state index is 6.43. The Morgan fingerprint density at radius 1 is 1.04 bits per heavy atom. The highest BCUT2D eigenvalue weighted by molar-refractivity contribution is 6.32. The molecule has 1 fully saturated rings. The van der Waals surface area contributed by atoms with Crippen molar-refractivity contribution in [3.63, 3.8) is 0 Å². The Kier molecular flexibility index (Phi) is 4.94. The third kappa shape index (κ3) is 3.73. The first-order chi connectivity index (χ1) is 13.1. The third-order valence-corrected chi connectivity index (χ3v) is 4.83. The van der Waals surface area contributed by atoms with Gasteiger partial charge in [-0.05, 0) is 18.4 Å². The van der Waals surface area contributed by atoms with E-state index in [4.69, 9.17) is 16.6 Å². The van der Waals surface area contributed by atoms with Crippen LogP contribution in [0.1, 0.15) is 18.4 Å². The number of rotatable bonds is 5. The lowest BCUT2D eigenvalue weighted by Crippen LogP contribution is -2.22. The van der Waals surface area contributed by atoms with E-state index >= 15 is 0 Å². The van der Waals surface area contributed by atoms with Crippen LogP contribution in [0.4, 0.5) is 17.6 Å². The lowest BCUT2D eigenvalue weighted by molar-refractivity contribution is 0.915. The Morgan fingerprint density at radius 3 is 2.48 bits per heavy atom. The van der Waals surface area contributed by atoms with Crippen molar-refractivity contribution < 1.29 is 0 Å². The molecule has 27 heavy (non-hydrogen) atoms. The monoisotopic (exact) mass is 383 g/mol.